The van der Waals surface area contributed by atoms with E-state index >= 15 is 4.79 Å². The van der Waals surface area contributed by atoms with E-state index < -0.39 is 88.5 Å². The number of nitrogens with two attached hydrogens (primary N) is 1. The maximum Gasteiger partial charge on any atom is 0.407 e. The number of imide groups is 1. The van der Waals surface area contributed by atoms with Crippen molar-refractivity contribution in [2.45, 2.75) is 152 Å². The lowest BCUT2D eigenvalue weighted by molar-refractivity contribution is -0.158. The number of H-pyrrole nitrogens is 1. The van der Waals surface area contributed by atoms with Crippen molar-refractivity contribution in [2.24, 2.45) is 11.7 Å². The van der Waals surface area contributed by atoms with Gasteiger partial charge in [-0.3, -0.25) is 48.8 Å². The average molecular weight is 1410 g/mol. The van der Waals surface area contributed by atoms with Crippen LogP contribution in [0.1, 0.15) is 133 Å². The van der Waals surface area contributed by atoms with E-state index in [2.05, 4.69) is 52.8 Å². The number of nitriles is 1. The number of phenols is 1. The lowest BCUT2D eigenvalue weighted by Gasteiger charge is -2.60. The van der Waals surface area contributed by atoms with E-state index in [1.807, 2.05) is 44.3 Å². The zero-order chi connectivity index (χ0) is 71.8. The molecule has 9 aliphatic heterocycles. The summed E-state index contributed by atoms with van der Waals surface area (Å²) in [5.74, 6) is -2.53. The molecule has 10 N–H and O–H groups in total. The molecule has 10 atom stereocenters. The first-order chi connectivity index (χ1) is 48.5. The van der Waals surface area contributed by atoms with Gasteiger partial charge in [0.05, 0.1) is 36.2 Å². The molecule has 29 heteroatoms. The molecule has 14 rings (SSSR count). The van der Waals surface area contributed by atoms with Crippen LogP contribution in [0.5, 0.6) is 28.7 Å². The van der Waals surface area contributed by atoms with Gasteiger partial charge in [0.2, 0.25) is 24.5 Å². The number of hydrogen-bond donors (Lipinski definition) is 9. The molecule has 0 aliphatic carbocycles. The number of para-hydroxylation sites is 1. The Labute approximate surface area is 587 Å². The van der Waals surface area contributed by atoms with Gasteiger partial charge in [0.25, 0.3) is 11.8 Å². The SMILES string of the molecule is COc1c(C)cc2c(c1O)[C@H]1[C@@H]3[C@@H]4SC[C@]5(N[C@@H](CNC(=O)OCc6ccc(NC(=O)[C@H](CCCCNC(N)=O)NC(=O)[C@@H](NC(=O)CCCCCN7C(=O)C=CC7=O)C(C)C)cc6)Cc6c5[nH]c5ccccc65)C(=O)OC[C@@H](c5c6c(c(C)c(OC(C)=O)c54)OCO6)N3C(C#N)(C2)CN1C. The Morgan fingerprint density at radius 2 is 1.65 bits per heavy atom. The molecule has 101 heavy (non-hydrogen) atoms. The second-order valence-electron chi connectivity index (χ2n) is 27.2. The third-order valence-corrected chi connectivity index (χ3v) is 21.7. The van der Waals surface area contributed by atoms with Crippen LogP contribution in [0, 0.1) is 31.1 Å². The molecular formula is C72H84N12O16S. The molecule has 0 saturated carbocycles. The average Bonchev–Trinajstić information content (AvgIpc) is 1.60. The van der Waals surface area contributed by atoms with Gasteiger partial charge in [-0.15, -0.1) is 11.8 Å². The first-order valence-electron chi connectivity index (χ1n) is 34.0. The van der Waals surface area contributed by atoms with Crippen LogP contribution in [0.3, 0.4) is 0 Å². The quantitative estimate of drug-likeness (QED) is 0.0158. The highest BCUT2D eigenvalue weighted by Crippen LogP contribution is 2.66. The molecule has 28 nitrogen and oxygen atoms in total. The second-order valence-corrected chi connectivity index (χ2v) is 28.4. The number of urea groups is 1. The summed E-state index contributed by atoms with van der Waals surface area (Å²) in [6.45, 7) is 8.61. The Kier molecular flexibility index (Phi) is 20.6. The lowest BCUT2D eigenvalue weighted by Crippen LogP contribution is -2.70. The molecule has 1 aromatic heterocycles. The highest BCUT2D eigenvalue weighted by Gasteiger charge is 2.65. The van der Waals surface area contributed by atoms with E-state index in [4.69, 9.17) is 34.2 Å². The zero-order valence-corrected chi connectivity index (χ0v) is 58.2. The molecule has 534 valence electrons. The van der Waals surface area contributed by atoms with Crippen LogP contribution >= 0.6 is 11.8 Å². The monoisotopic (exact) mass is 1400 g/mol. The number of aromatic amines is 1. The number of alkyl carbamates (subject to hydrolysis) is 1. The van der Waals surface area contributed by atoms with E-state index in [0.29, 0.717) is 101 Å². The van der Waals surface area contributed by atoms with Crippen molar-refractivity contribution in [2.75, 3.05) is 64.8 Å². The minimum absolute atomic E-state index is 0.0105. The smallest absolute Gasteiger partial charge is 0.407 e. The summed E-state index contributed by atoms with van der Waals surface area (Å²) in [7, 11) is 3.44. The number of thioether (sulfide) groups is 1. The fourth-order valence-corrected chi connectivity index (χ4v) is 17.3. The van der Waals surface area contributed by atoms with Crippen LogP contribution in [-0.4, -0.2) is 168 Å². The highest BCUT2D eigenvalue weighted by molar-refractivity contribution is 7.99. The third-order valence-electron chi connectivity index (χ3n) is 20.2. The molecule has 4 bridgehead atoms. The fraction of sp³-hybridized carbons (Fsp3) is 0.472. The number of ether oxygens (including phenoxy) is 6. The van der Waals surface area contributed by atoms with Gasteiger partial charge in [0.15, 0.2) is 28.5 Å². The first-order valence-corrected chi connectivity index (χ1v) is 35.1. The summed E-state index contributed by atoms with van der Waals surface area (Å²) in [6.07, 6.45) is 4.87. The molecule has 1 spiro atoms. The number of anilines is 1. The summed E-state index contributed by atoms with van der Waals surface area (Å²) in [5.41, 5.74) is 9.20. The van der Waals surface area contributed by atoms with Gasteiger partial charge in [0.1, 0.15) is 36.6 Å². The summed E-state index contributed by atoms with van der Waals surface area (Å²) >= 11 is 1.42. The lowest BCUT2D eigenvalue weighted by atomic mass is 9.76. The van der Waals surface area contributed by atoms with Crippen LogP contribution in [-0.2, 0) is 68.0 Å². The van der Waals surface area contributed by atoms with Crippen LogP contribution in [0.25, 0.3) is 10.9 Å². The largest absolute Gasteiger partial charge is 0.504 e. The minimum atomic E-state index is -1.63. The summed E-state index contributed by atoms with van der Waals surface area (Å²) in [6, 6.07) is 13.5. The number of likely N-dealkylation sites (N-methyl/N-ethyl adjacent to an activating group) is 1. The minimum Gasteiger partial charge on any atom is -0.504 e. The van der Waals surface area contributed by atoms with Crippen molar-refractivity contribution in [3.05, 3.63) is 117 Å². The number of amides is 8. The van der Waals surface area contributed by atoms with E-state index in [0.717, 1.165) is 26.9 Å². The summed E-state index contributed by atoms with van der Waals surface area (Å²) in [4.78, 5) is 128. The van der Waals surface area contributed by atoms with E-state index in [-0.39, 0.29) is 106 Å². The van der Waals surface area contributed by atoms with Gasteiger partial charge in [-0.05, 0) is 106 Å². The van der Waals surface area contributed by atoms with Gasteiger partial charge in [-0.1, -0.05) is 56.7 Å². The predicted octanol–water partition coefficient (Wildman–Crippen LogP) is 5.94. The Balaban J connectivity index is 0.753. The number of piperazine rings is 1. The number of nitrogens with zero attached hydrogens (tertiary/aromatic N) is 4. The number of carbonyl (C=O) groups excluding carboxylic acids is 9. The standard InChI is InChI=1S/C72H84N12O16S/c1-37(2)56(80-50(86)18-9-8-14-26-83-51(87)23-24-52(83)88)67(91)79-48(17-12-13-25-75-69(74)93)66(90)77-43-21-19-41(20-22-43)31-97-70(94)76-30-44-28-46-45-15-10-11-16-47(45)78-65(46)72(81-44)35-101-64-55-54(63-62(98-36-99-63)39(4)61(55)100-40(5)85)49(32-96-68(72)92)84-58(64)57-53-42(27-38(3)60(95-7)59(53)89)29-71(84,33-73)34-82(57)6/h10-11,15-16,19-24,27,37,44,48-49,56-58,64,78,81,89H,8-9,12-14,17-18,25-26,28-32,34-36H2,1-7H3,(H,76,94)(H,77,90)(H,79,91)(H,80,86)(H3,74,75,93)/t44-,48+,49+,56+,57+,58-,64-,71?,72-/m1/s1. The number of aryl methyl sites for hydroxylation is 1. The Hall–Kier alpha value is -9.89. The Bertz CT molecular complexity index is 4210. The number of fused-ring (bicyclic) bond motifs is 8. The van der Waals surface area contributed by atoms with E-state index in [1.54, 1.807) is 45.0 Å². The molecule has 8 amide bonds. The maximum atomic E-state index is 15.8. The third kappa shape index (κ3) is 13.8. The molecule has 2 unspecified atom stereocenters. The van der Waals surface area contributed by atoms with Crippen molar-refractivity contribution in [3.63, 3.8) is 0 Å². The normalized spacial score (nSPS) is 23.5. The van der Waals surface area contributed by atoms with E-state index in [9.17, 15) is 48.7 Å². The van der Waals surface area contributed by atoms with Crippen LogP contribution in [0.4, 0.5) is 15.3 Å². The molecule has 9 aliphatic rings. The number of rotatable bonds is 23. The fourth-order valence-electron chi connectivity index (χ4n) is 15.7. The maximum absolute atomic E-state index is 15.8. The van der Waals surface area contributed by atoms with Gasteiger partial charge >= 0.3 is 24.1 Å². The zero-order valence-electron chi connectivity index (χ0n) is 57.3. The van der Waals surface area contributed by atoms with Gasteiger partial charge in [-0.25, -0.2) is 14.4 Å². The van der Waals surface area contributed by atoms with Gasteiger partial charge < -0.3 is 70.8 Å². The number of benzene rings is 4. The summed E-state index contributed by atoms with van der Waals surface area (Å²) < 4.78 is 37.2. The van der Waals surface area contributed by atoms with Crippen molar-refractivity contribution in [1.82, 2.24) is 46.3 Å². The second kappa shape index (κ2) is 29.4. The molecular weight excluding hydrogens is 1320 g/mol. The number of phenolic OH excluding ortho intramolecular Hbond substituents is 1. The number of nitrogens with one attached hydrogen (secondary N) is 7. The van der Waals surface area contributed by atoms with Gasteiger partial charge in [-0.2, -0.15) is 5.26 Å². The summed E-state index contributed by atoms with van der Waals surface area (Å²) in [5, 5.41) is 41.9. The Morgan fingerprint density at radius 3 is 2.38 bits per heavy atom. The number of aromatic nitrogens is 1. The van der Waals surface area contributed by atoms with Crippen molar-refractivity contribution < 1.29 is 76.7 Å². The van der Waals surface area contributed by atoms with Crippen molar-refractivity contribution in [3.8, 4) is 34.8 Å². The molecule has 2 fully saturated rings. The highest BCUT2D eigenvalue weighted by atomic mass is 32.2. The molecule has 2 saturated heterocycles. The van der Waals surface area contributed by atoms with Crippen molar-refractivity contribution >= 4 is 82.0 Å². The number of hydrogen-bond acceptors (Lipinski definition) is 21. The number of esters is 2. The van der Waals surface area contributed by atoms with Crippen LogP contribution in [0.15, 0.2) is 66.7 Å². The van der Waals surface area contributed by atoms with Crippen LogP contribution < -0.4 is 56.6 Å². The van der Waals surface area contributed by atoms with Crippen LogP contribution in [0.2, 0.25) is 0 Å². The molecule has 5 aromatic rings. The Morgan fingerprint density at radius 1 is 0.901 bits per heavy atom. The first kappa shape index (κ1) is 71.0. The number of primary amides is 1. The molecule has 4 aromatic carbocycles. The number of methoxy groups -OCH3 is 1. The van der Waals surface area contributed by atoms with Crippen molar-refractivity contribution in [1.29, 1.82) is 5.26 Å². The molecule has 0 radical (unpaired) electrons. The number of carbonyl (C=O) groups is 9. The topological polar surface area (TPSA) is 377 Å². The van der Waals surface area contributed by atoms with Gasteiger partial charge in [0, 0.05) is 115 Å². The number of unbranched alkanes of at least 4 members (excludes halogenated alkanes) is 3. The number of aromatic hydroxyl groups is 1. The molecule has 10 heterocycles. The predicted molar refractivity (Wildman–Crippen MR) is 368 cm³/mol. The van der Waals surface area contributed by atoms with E-state index in [1.165, 1.54) is 37.9 Å².